The van der Waals surface area contributed by atoms with E-state index in [9.17, 15) is 4.79 Å². The summed E-state index contributed by atoms with van der Waals surface area (Å²) in [6.07, 6.45) is 5.58. The summed E-state index contributed by atoms with van der Waals surface area (Å²) >= 11 is 1.51. The number of likely N-dealkylation sites (N-methyl/N-ethyl adjacent to an activating group) is 1. The minimum absolute atomic E-state index is 0.0808. The number of carbonyl (C=O) groups is 1. The van der Waals surface area contributed by atoms with Crippen molar-refractivity contribution in [2.75, 3.05) is 51.6 Å². The van der Waals surface area contributed by atoms with E-state index in [1.807, 2.05) is 24.0 Å². The van der Waals surface area contributed by atoms with Crippen molar-refractivity contribution >= 4 is 34.0 Å². The SMILES string of the molecule is Cc1nnc(-c2cc3cc(NC(=O)N4CCC(N5CCN(C)CC5)CC4)ncc3cn2)s1. The number of hydrogen-bond donors (Lipinski definition) is 1. The molecule has 0 atom stereocenters. The summed E-state index contributed by atoms with van der Waals surface area (Å²) in [4.78, 5) is 28.6. The average Bonchev–Trinajstić information content (AvgIpc) is 3.25. The van der Waals surface area contributed by atoms with Crippen LogP contribution in [0.1, 0.15) is 17.8 Å². The van der Waals surface area contributed by atoms with Crippen LogP contribution in [0.4, 0.5) is 10.6 Å². The van der Waals surface area contributed by atoms with Crippen LogP contribution >= 0.6 is 11.3 Å². The number of likely N-dealkylation sites (tertiary alicyclic amines) is 1. The van der Waals surface area contributed by atoms with Crippen LogP contribution in [-0.2, 0) is 0 Å². The number of aryl methyl sites for hydroxylation is 1. The van der Waals surface area contributed by atoms with Gasteiger partial charge in [0.1, 0.15) is 16.5 Å². The number of hydrogen-bond acceptors (Lipinski definition) is 8. The number of nitrogens with zero attached hydrogens (tertiary/aromatic N) is 7. The fourth-order valence-corrected chi connectivity index (χ4v) is 5.09. The molecule has 32 heavy (non-hydrogen) atoms. The highest BCUT2D eigenvalue weighted by Crippen LogP contribution is 2.26. The lowest BCUT2D eigenvalue weighted by molar-refractivity contribution is 0.0765. The molecule has 2 saturated heterocycles. The van der Waals surface area contributed by atoms with E-state index in [0.717, 1.165) is 78.6 Å². The Labute approximate surface area is 191 Å². The predicted octanol–water partition coefficient (Wildman–Crippen LogP) is 2.70. The van der Waals surface area contributed by atoms with E-state index in [0.29, 0.717) is 11.9 Å². The number of piperidine rings is 1. The van der Waals surface area contributed by atoms with Crippen LogP contribution in [0, 0.1) is 6.92 Å². The second-order valence-corrected chi connectivity index (χ2v) is 9.78. The predicted molar refractivity (Wildman–Crippen MR) is 126 cm³/mol. The fourth-order valence-electron chi connectivity index (χ4n) is 4.43. The van der Waals surface area contributed by atoms with Crippen molar-refractivity contribution in [2.24, 2.45) is 0 Å². The van der Waals surface area contributed by atoms with Gasteiger partial charge in [-0.3, -0.25) is 15.2 Å². The van der Waals surface area contributed by atoms with Gasteiger partial charge >= 0.3 is 6.03 Å². The van der Waals surface area contributed by atoms with Crippen LogP contribution < -0.4 is 5.32 Å². The molecule has 0 radical (unpaired) electrons. The minimum Gasteiger partial charge on any atom is -0.324 e. The second-order valence-electron chi connectivity index (χ2n) is 8.60. The van der Waals surface area contributed by atoms with Gasteiger partial charge in [-0.2, -0.15) is 0 Å². The van der Waals surface area contributed by atoms with Crippen molar-refractivity contribution < 1.29 is 4.79 Å². The lowest BCUT2D eigenvalue weighted by Gasteiger charge is -2.42. The van der Waals surface area contributed by atoms with E-state index in [-0.39, 0.29) is 6.03 Å². The third-order valence-electron chi connectivity index (χ3n) is 6.39. The summed E-state index contributed by atoms with van der Waals surface area (Å²) in [6, 6.07) is 4.36. The normalized spacial score (nSPS) is 18.9. The molecule has 5 heterocycles. The third-order valence-corrected chi connectivity index (χ3v) is 7.25. The maximum Gasteiger partial charge on any atom is 0.323 e. The Morgan fingerprint density at radius 2 is 1.75 bits per heavy atom. The van der Waals surface area contributed by atoms with Crippen molar-refractivity contribution in [2.45, 2.75) is 25.8 Å². The highest BCUT2D eigenvalue weighted by molar-refractivity contribution is 7.14. The van der Waals surface area contributed by atoms with Crippen molar-refractivity contribution in [1.82, 2.24) is 34.9 Å². The quantitative estimate of drug-likeness (QED) is 0.653. The highest BCUT2D eigenvalue weighted by Gasteiger charge is 2.28. The van der Waals surface area contributed by atoms with Crippen molar-refractivity contribution in [3.05, 3.63) is 29.5 Å². The van der Waals surface area contributed by atoms with Gasteiger partial charge in [-0.25, -0.2) is 9.78 Å². The van der Waals surface area contributed by atoms with Crippen molar-refractivity contribution in [1.29, 1.82) is 0 Å². The molecular weight excluding hydrogens is 424 g/mol. The number of carbonyl (C=O) groups excluding carboxylic acids is 1. The number of amides is 2. The molecule has 2 aliphatic rings. The molecule has 2 amide bonds. The molecule has 0 aliphatic carbocycles. The van der Waals surface area contributed by atoms with Gasteiger partial charge in [0.05, 0.1) is 0 Å². The Hall–Kier alpha value is -2.69. The lowest BCUT2D eigenvalue weighted by Crippen LogP contribution is -2.53. The molecule has 1 N–H and O–H groups in total. The summed E-state index contributed by atoms with van der Waals surface area (Å²) in [5, 5.41) is 14.8. The number of pyridine rings is 2. The Morgan fingerprint density at radius 3 is 2.47 bits per heavy atom. The van der Waals surface area contributed by atoms with E-state index in [1.165, 1.54) is 11.3 Å². The molecule has 3 aromatic heterocycles. The van der Waals surface area contributed by atoms with E-state index in [2.05, 4.69) is 42.3 Å². The molecule has 0 spiro atoms. The van der Waals surface area contributed by atoms with Gasteiger partial charge in [0.15, 0.2) is 5.01 Å². The van der Waals surface area contributed by atoms with Gasteiger partial charge in [0.2, 0.25) is 0 Å². The number of rotatable bonds is 3. The van der Waals surface area contributed by atoms with Gasteiger partial charge in [-0.1, -0.05) is 11.3 Å². The number of fused-ring (bicyclic) bond motifs is 1. The van der Waals surface area contributed by atoms with E-state index in [4.69, 9.17) is 0 Å². The molecular formula is C22H28N8OS. The van der Waals surface area contributed by atoms with E-state index < -0.39 is 0 Å². The number of nitrogens with one attached hydrogen (secondary N) is 1. The largest absolute Gasteiger partial charge is 0.324 e. The average molecular weight is 453 g/mol. The Balaban J connectivity index is 1.22. The smallest absolute Gasteiger partial charge is 0.323 e. The van der Waals surface area contributed by atoms with Gasteiger partial charge in [-0.15, -0.1) is 10.2 Å². The zero-order valence-electron chi connectivity index (χ0n) is 18.5. The monoisotopic (exact) mass is 452 g/mol. The summed E-state index contributed by atoms with van der Waals surface area (Å²) in [5.41, 5.74) is 0.776. The van der Waals surface area contributed by atoms with Crippen LogP contribution in [0.25, 0.3) is 21.5 Å². The van der Waals surface area contributed by atoms with Crippen molar-refractivity contribution in [3.8, 4) is 10.7 Å². The molecule has 168 valence electrons. The zero-order chi connectivity index (χ0) is 22.1. The number of urea groups is 1. The van der Waals surface area contributed by atoms with Crippen LogP contribution in [-0.4, -0.2) is 93.3 Å². The number of anilines is 1. The maximum absolute atomic E-state index is 12.8. The second kappa shape index (κ2) is 9.05. The molecule has 2 aliphatic heterocycles. The van der Waals surface area contributed by atoms with Crippen molar-refractivity contribution in [3.63, 3.8) is 0 Å². The molecule has 0 aromatic carbocycles. The van der Waals surface area contributed by atoms with Crippen LogP contribution in [0.15, 0.2) is 24.5 Å². The summed E-state index contributed by atoms with van der Waals surface area (Å²) in [7, 11) is 2.18. The molecule has 10 heteroatoms. The summed E-state index contributed by atoms with van der Waals surface area (Å²) in [6.45, 7) is 7.99. The molecule has 0 unspecified atom stereocenters. The van der Waals surface area contributed by atoms with Crippen LogP contribution in [0.3, 0.4) is 0 Å². The Kier molecular flexibility index (Phi) is 5.99. The first-order valence-electron chi connectivity index (χ1n) is 11.1. The summed E-state index contributed by atoms with van der Waals surface area (Å²) in [5.74, 6) is 0.550. The first-order valence-corrected chi connectivity index (χ1v) is 11.9. The Morgan fingerprint density at radius 1 is 1.00 bits per heavy atom. The first kappa shape index (κ1) is 21.2. The maximum atomic E-state index is 12.8. The first-order chi connectivity index (χ1) is 15.5. The molecule has 2 fully saturated rings. The zero-order valence-corrected chi connectivity index (χ0v) is 19.3. The number of aromatic nitrogens is 4. The van der Waals surface area contributed by atoms with Gasteiger partial charge in [-0.05, 0) is 44.3 Å². The molecule has 5 rings (SSSR count). The topological polar surface area (TPSA) is 90.4 Å². The van der Waals surface area contributed by atoms with Gasteiger partial charge < -0.3 is 9.80 Å². The molecule has 0 saturated carbocycles. The van der Waals surface area contributed by atoms with Crippen LogP contribution in [0.2, 0.25) is 0 Å². The molecule has 3 aromatic rings. The fraction of sp³-hybridized carbons (Fsp3) is 0.500. The molecule has 9 nitrogen and oxygen atoms in total. The summed E-state index contributed by atoms with van der Waals surface area (Å²) < 4.78 is 0. The highest BCUT2D eigenvalue weighted by atomic mass is 32.1. The van der Waals surface area contributed by atoms with Gasteiger partial charge in [0.25, 0.3) is 0 Å². The lowest BCUT2D eigenvalue weighted by atomic mass is 10.0. The minimum atomic E-state index is -0.0808. The third kappa shape index (κ3) is 4.57. The van der Waals surface area contributed by atoms with Crippen LogP contribution in [0.5, 0.6) is 0 Å². The van der Waals surface area contributed by atoms with E-state index >= 15 is 0 Å². The van der Waals surface area contributed by atoms with E-state index in [1.54, 1.807) is 12.4 Å². The Bertz CT molecular complexity index is 1100. The standard InChI is InChI=1S/C22H28N8OS/c1-15-26-27-21(32-15)19-11-16-12-20(24-14-17(16)13-23-19)25-22(31)30-5-3-18(4-6-30)29-9-7-28(2)8-10-29/h11-14,18H,3-10H2,1-2H3,(H,24,25,31). The number of piperazine rings is 1. The molecule has 0 bridgehead atoms. The van der Waals surface area contributed by atoms with Gasteiger partial charge in [0, 0.05) is 63.1 Å².